The van der Waals surface area contributed by atoms with Gasteiger partial charge in [-0.15, -0.1) is 0 Å². The van der Waals surface area contributed by atoms with E-state index in [1.165, 1.54) is 32.1 Å². The van der Waals surface area contributed by atoms with Crippen LogP contribution in [-0.4, -0.2) is 40.3 Å². The molecule has 0 amide bonds. The van der Waals surface area contributed by atoms with Gasteiger partial charge < -0.3 is 19.3 Å². The van der Waals surface area contributed by atoms with Gasteiger partial charge in [0.25, 0.3) is 0 Å². The summed E-state index contributed by atoms with van der Waals surface area (Å²) in [5.41, 5.74) is 4.75. The molecular formula is C34H34N2O3. The molecule has 2 aliphatic heterocycles. The lowest BCUT2D eigenvalue weighted by Gasteiger charge is -2.37. The normalized spacial score (nSPS) is 18.4. The third-order valence-electron chi connectivity index (χ3n) is 8.00. The molecule has 198 valence electrons. The number of methoxy groups -OCH3 is 1. The lowest BCUT2D eigenvalue weighted by atomic mass is 9.82. The van der Waals surface area contributed by atoms with Gasteiger partial charge in [-0.1, -0.05) is 42.5 Å². The molecule has 1 fully saturated rings. The molecule has 0 radical (unpaired) electrons. The lowest BCUT2D eigenvalue weighted by molar-refractivity contribution is 0.0599. The number of carbonyl (C=O) groups excluding carboxylic acids is 1. The SMILES string of the molecule is COC(=O)c1cc2cc(N(C)C)ccc2c2c1C=CC(c1ccccc1)(c1ccc(N3CCCCC3)cc1)O2. The number of ether oxygens (including phenoxy) is 2. The minimum absolute atomic E-state index is 0.380. The zero-order valence-electron chi connectivity index (χ0n) is 22.8. The number of benzene rings is 4. The molecule has 5 nitrogen and oxygen atoms in total. The Balaban J connectivity index is 1.53. The molecule has 0 N–H and O–H groups in total. The second-order valence-electron chi connectivity index (χ2n) is 10.6. The maximum atomic E-state index is 12.9. The van der Waals surface area contributed by atoms with Crippen molar-refractivity contribution >= 4 is 34.2 Å². The van der Waals surface area contributed by atoms with E-state index in [9.17, 15) is 4.79 Å². The van der Waals surface area contributed by atoms with Crippen molar-refractivity contribution in [2.45, 2.75) is 24.9 Å². The number of hydrogen-bond acceptors (Lipinski definition) is 5. The minimum Gasteiger partial charge on any atom is -0.472 e. The molecule has 1 atom stereocenters. The Labute approximate surface area is 230 Å². The molecule has 0 spiro atoms. The van der Waals surface area contributed by atoms with E-state index in [1.54, 1.807) is 0 Å². The molecule has 0 aliphatic carbocycles. The van der Waals surface area contributed by atoms with Crippen LogP contribution in [0, 0.1) is 0 Å². The fourth-order valence-corrected chi connectivity index (χ4v) is 5.84. The number of rotatable bonds is 5. The highest BCUT2D eigenvalue weighted by atomic mass is 16.5. The zero-order valence-corrected chi connectivity index (χ0v) is 22.8. The molecule has 0 saturated carbocycles. The third-order valence-corrected chi connectivity index (χ3v) is 8.00. The van der Waals surface area contributed by atoms with Crippen molar-refractivity contribution in [1.29, 1.82) is 0 Å². The fourth-order valence-electron chi connectivity index (χ4n) is 5.84. The monoisotopic (exact) mass is 518 g/mol. The molecule has 0 aromatic heterocycles. The second-order valence-corrected chi connectivity index (χ2v) is 10.6. The molecule has 6 rings (SSSR count). The van der Waals surface area contributed by atoms with Gasteiger partial charge in [-0.2, -0.15) is 0 Å². The summed E-state index contributed by atoms with van der Waals surface area (Å²) in [6.45, 7) is 2.20. The Morgan fingerprint density at radius 1 is 0.897 bits per heavy atom. The topological polar surface area (TPSA) is 42.0 Å². The standard InChI is InChI=1S/C34H34N2O3/c1-35(2)28-16-17-29-24(22-28)23-31(33(37)38-3)30-18-19-34(39-32(29)30,25-10-6-4-7-11-25)26-12-14-27(15-13-26)36-20-8-5-9-21-36/h4,6-7,10-19,22-23H,5,8-9,20-21H2,1-3H3. The molecule has 39 heavy (non-hydrogen) atoms. The van der Waals surface area contributed by atoms with Crippen LogP contribution in [0.1, 0.15) is 46.3 Å². The van der Waals surface area contributed by atoms with E-state index in [-0.39, 0.29) is 5.97 Å². The van der Waals surface area contributed by atoms with Crippen LogP contribution in [0.3, 0.4) is 0 Å². The van der Waals surface area contributed by atoms with Gasteiger partial charge in [-0.3, -0.25) is 0 Å². The van der Waals surface area contributed by atoms with Crippen LogP contribution in [0.5, 0.6) is 5.75 Å². The van der Waals surface area contributed by atoms with Gasteiger partial charge >= 0.3 is 5.97 Å². The Morgan fingerprint density at radius 3 is 2.31 bits per heavy atom. The maximum Gasteiger partial charge on any atom is 0.338 e. The van der Waals surface area contributed by atoms with Gasteiger partial charge in [0.15, 0.2) is 5.60 Å². The average molecular weight is 519 g/mol. The van der Waals surface area contributed by atoms with Crippen LogP contribution in [-0.2, 0) is 10.3 Å². The molecule has 0 bridgehead atoms. The maximum absolute atomic E-state index is 12.9. The number of esters is 1. The summed E-state index contributed by atoms with van der Waals surface area (Å²) in [4.78, 5) is 17.4. The quantitative estimate of drug-likeness (QED) is 0.265. The molecule has 4 aromatic carbocycles. The van der Waals surface area contributed by atoms with Crippen molar-refractivity contribution < 1.29 is 14.3 Å². The van der Waals surface area contributed by atoms with E-state index in [2.05, 4.69) is 70.5 Å². The predicted octanol–water partition coefficient (Wildman–Crippen LogP) is 7.03. The Kier molecular flexibility index (Phi) is 6.51. The summed E-state index contributed by atoms with van der Waals surface area (Å²) in [7, 11) is 5.43. The van der Waals surface area contributed by atoms with Crippen molar-refractivity contribution in [1.82, 2.24) is 0 Å². The highest BCUT2D eigenvalue weighted by Gasteiger charge is 2.39. The first-order chi connectivity index (χ1) is 19.0. The lowest BCUT2D eigenvalue weighted by Crippen LogP contribution is -2.35. The number of piperidine rings is 1. The highest BCUT2D eigenvalue weighted by molar-refractivity contribution is 6.04. The van der Waals surface area contributed by atoms with Crippen LogP contribution < -0.4 is 14.5 Å². The van der Waals surface area contributed by atoms with Crippen LogP contribution in [0.25, 0.3) is 16.8 Å². The summed E-state index contributed by atoms with van der Waals surface area (Å²) in [5, 5.41) is 1.89. The first kappa shape index (κ1) is 25.1. The van der Waals surface area contributed by atoms with Gasteiger partial charge in [0.05, 0.1) is 12.7 Å². The number of fused-ring (bicyclic) bond motifs is 3. The van der Waals surface area contributed by atoms with Crippen molar-refractivity contribution in [3.63, 3.8) is 0 Å². The Morgan fingerprint density at radius 2 is 1.62 bits per heavy atom. The van der Waals surface area contributed by atoms with Crippen LogP contribution >= 0.6 is 0 Å². The van der Waals surface area contributed by atoms with Gasteiger partial charge in [0.2, 0.25) is 0 Å². The minimum atomic E-state index is -0.851. The number of anilines is 2. The van der Waals surface area contributed by atoms with Gasteiger partial charge in [-0.05, 0) is 73.2 Å². The number of nitrogens with zero attached hydrogens (tertiary/aromatic N) is 2. The summed E-state index contributed by atoms with van der Waals surface area (Å²) < 4.78 is 12.3. The summed E-state index contributed by atoms with van der Waals surface area (Å²) in [6, 6.07) is 27.2. The summed E-state index contributed by atoms with van der Waals surface area (Å²) >= 11 is 0. The Hall–Kier alpha value is -4.25. The third kappa shape index (κ3) is 4.42. The zero-order chi connectivity index (χ0) is 27.0. The van der Waals surface area contributed by atoms with Crippen molar-refractivity contribution in [3.05, 3.63) is 107 Å². The molecule has 2 heterocycles. The summed E-state index contributed by atoms with van der Waals surface area (Å²) in [5.74, 6) is 0.305. The number of carbonyl (C=O) groups is 1. The van der Waals surface area contributed by atoms with Gasteiger partial charge in [-0.25, -0.2) is 4.79 Å². The average Bonchev–Trinajstić information content (AvgIpc) is 3.00. The van der Waals surface area contributed by atoms with E-state index >= 15 is 0 Å². The van der Waals surface area contributed by atoms with Crippen LogP contribution in [0.4, 0.5) is 11.4 Å². The molecule has 5 heteroatoms. The van der Waals surface area contributed by atoms with Crippen molar-refractivity contribution in [3.8, 4) is 5.75 Å². The molecular weight excluding hydrogens is 484 g/mol. The second kappa shape index (κ2) is 10.1. The molecule has 1 unspecified atom stereocenters. The Bertz CT molecular complexity index is 1540. The smallest absolute Gasteiger partial charge is 0.338 e. The first-order valence-corrected chi connectivity index (χ1v) is 13.7. The number of hydrogen-bond donors (Lipinski definition) is 0. The molecule has 1 saturated heterocycles. The van der Waals surface area contributed by atoms with Crippen LogP contribution in [0.15, 0.2) is 84.9 Å². The first-order valence-electron chi connectivity index (χ1n) is 13.7. The molecule has 4 aromatic rings. The van der Waals surface area contributed by atoms with Gasteiger partial charge in [0, 0.05) is 60.6 Å². The van der Waals surface area contributed by atoms with E-state index in [0.717, 1.165) is 46.2 Å². The summed E-state index contributed by atoms with van der Waals surface area (Å²) in [6.07, 6.45) is 7.89. The largest absolute Gasteiger partial charge is 0.472 e. The van der Waals surface area contributed by atoms with Gasteiger partial charge in [0.1, 0.15) is 5.75 Å². The highest BCUT2D eigenvalue weighted by Crippen LogP contribution is 2.47. The van der Waals surface area contributed by atoms with E-state index in [0.29, 0.717) is 11.3 Å². The van der Waals surface area contributed by atoms with Crippen molar-refractivity contribution in [2.75, 3.05) is 44.1 Å². The van der Waals surface area contributed by atoms with E-state index in [4.69, 9.17) is 9.47 Å². The molecule has 2 aliphatic rings. The van der Waals surface area contributed by atoms with E-state index in [1.807, 2.05) is 44.4 Å². The predicted molar refractivity (Wildman–Crippen MR) is 159 cm³/mol. The van der Waals surface area contributed by atoms with Crippen LogP contribution in [0.2, 0.25) is 0 Å². The van der Waals surface area contributed by atoms with E-state index < -0.39 is 5.60 Å². The fraction of sp³-hybridized carbons (Fsp3) is 0.265. The van der Waals surface area contributed by atoms with Crippen molar-refractivity contribution in [2.24, 2.45) is 0 Å².